The van der Waals surface area contributed by atoms with Crippen LogP contribution in [0.15, 0.2) is 72.8 Å². The van der Waals surface area contributed by atoms with Crippen LogP contribution >= 0.6 is 24.8 Å². The van der Waals surface area contributed by atoms with Gasteiger partial charge in [-0.15, -0.1) is 93.9 Å². The third kappa shape index (κ3) is 5.05. The average Bonchev–Trinajstić information content (AvgIpc) is 3.05. The van der Waals surface area contributed by atoms with E-state index in [0.717, 1.165) is 0 Å². The Morgan fingerprint density at radius 2 is 0.913 bits per heavy atom. The maximum Gasteiger partial charge on any atom is 2.00 e. The molecule has 0 unspecified atom stereocenters. The largest absolute Gasteiger partial charge is 2.00 e. The van der Waals surface area contributed by atoms with E-state index in [1.165, 1.54) is 32.7 Å². The van der Waals surface area contributed by atoms with Crippen LogP contribution in [0.4, 0.5) is 0 Å². The first kappa shape index (κ1) is 22.1. The zero-order chi connectivity index (χ0) is 13.9. The molecule has 0 N–H and O–H groups in total. The monoisotopic (exact) mass is 420 g/mol. The number of aryl methyl sites for hydroxylation is 2. The molecule has 0 radical (unpaired) electrons. The van der Waals surface area contributed by atoms with Gasteiger partial charge in [0.05, 0.1) is 0 Å². The van der Waals surface area contributed by atoms with Crippen molar-refractivity contribution in [2.75, 3.05) is 0 Å². The summed E-state index contributed by atoms with van der Waals surface area (Å²) in [6.45, 7) is 4.28. The van der Waals surface area contributed by atoms with Gasteiger partial charge in [0.2, 0.25) is 0 Å². The van der Waals surface area contributed by atoms with Crippen molar-refractivity contribution >= 4 is 46.4 Å². The van der Waals surface area contributed by atoms with Gasteiger partial charge >= 0.3 is 26.2 Å². The molecule has 0 aliphatic rings. The molecule has 0 atom stereocenters. The minimum atomic E-state index is 0. The van der Waals surface area contributed by atoms with Crippen LogP contribution in [0.25, 0.3) is 21.5 Å². The quantitative estimate of drug-likeness (QED) is 0.281. The Bertz CT molecular complexity index is 771. The number of benzene rings is 2. The van der Waals surface area contributed by atoms with E-state index in [9.17, 15) is 0 Å². The Kier molecular flexibility index (Phi) is 9.70. The summed E-state index contributed by atoms with van der Waals surface area (Å²) >= 11 is 0. The van der Waals surface area contributed by atoms with Crippen molar-refractivity contribution in [3.05, 3.63) is 83.9 Å². The van der Waals surface area contributed by atoms with Crippen LogP contribution in [0.1, 0.15) is 11.1 Å². The third-order valence-electron chi connectivity index (χ3n) is 3.80. The molecule has 0 spiro atoms. The molecule has 23 heavy (non-hydrogen) atoms. The fraction of sp³-hybridized carbons (Fsp3) is 0.100. The average molecular weight is 423 g/mol. The van der Waals surface area contributed by atoms with Crippen molar-refractivity contribution in [1.29, 1.82) is 0 Å². The minimum absolute atomic E-state index is 0. The molecule has 118 valence electrons. The van der Waals surface area contributed by atoms with Gasteiger partial charge in [0.1, 0.15) is 0 Å². The van der Waals surface area contributed by atoms with Crippen molar-refractivity contribution in [3.8, 4) is 0 Å². The predicted octanol–water partition coefficient (Wildman–Crippen LogP) is 6.58. The number of fused-ring (bicyclic) bond motifs is 2. The second kappa shape index (κ2) is 10.1. The van der Waals surface area contributed by atoms with Crippen LogP contribution in [0.2, 0.25) is 0 Å². The Labute approximate surface area is 169 Å². The molecule has 0 saturated carbocycles. The maximum absolute atomic E-state index is 2.16. The summed E-state index contributed by atoms with van der Waals surface area (Å²) in [5.41, 5.74) is 2.74. The summed E-state index contributed by atoms with van der Waals surface area (Å²) in [5, 5.41) is 5.45. The number of hydrogen-bond donors (Lipinski definition) is 0. The van der Waals surface area contributed by atoms with Crippen molar-refractivity contribution in [2.24, 2.45) is 0 Å². The van der Waals surface area contributed by atoms with Crippen molar-refractivity contribution in [3.63, 3.8) is 0 Å². The molecule has 0 saturated heterocycles. The van der Waals surface area contributed by atoms with E-state index in [1.807, 2.05) is 0 Å². The summed E-state index contributed by atoms with van der Waals surface area (Å²) in [6, 6.07) is 25.5. The summed E-state index contributed by atoms with van der Waals surface area (Å²) < 4.78 is 0. The van der Waals surface area contributed by atoms with Gasteiger partial charge in [0.25, 0.3) is 0 Å². The summed E-state index contributed by atoms with van der Waals surface area (Å²) in [5.74, 6) is 0. The Hall–Kier alpha value is -0.877. The molecule has 0 aliphatic heterocycles. The molecule has 4 aromatic carbocycles. The topological polar surface area (TPSA) is 0 Å². The first-order valence-corrected chi connectivity index (χ1v) is 6.98. The number of rotatable bonds is 0. The zero-order valence-electron chi connectivity index (χ0n) is 13.2. The van der Waals surface area contributed by atoms with Crippen molar-refractivity contribution in [2.45, 2.75) is 13.8 Å². The smallest absolute Gasteiger partial charge is 0.168 e. The molecule has 0 bridgehead atoms. The van der Waals surface area contributed by atoms with Crippen LogP contribution in [0.5, 0.6) is 0 Å². The zero-order valence-corrected chi connectivity index (χ0v) is 17.3. The second-order valence-corrected chi connectivity index (χ2v) is 5.21. The molecule has 0 aliphatic carbocycles. The summed E-state index contributed by atoms with van der Waals surface area (Å²) in [4.78, 5) is 0. The molecule has 4 aromatic rings. The fourth-order valence-electron chi connectivity index (χ4n) is 2.61. The molecule has 0 heterocycles. The normalized spacial score (nSPS) is 9.13. The van der Waals surface area contributed by atoms with E-state index < -0.39 is 0 Å². The van der Waals surface area contributed by atoms with Gasteiger partial charge in [0, 0.05) is 0 Å². The maximum atomic E-state index is 2.16. The number of halogens is 2. The third-order valence-corrected chi connectivity index (χ3v) is 3.80. The van der Waals surface area contributed by atoms with Gasteiger partial charge < -0.3 is 0 Å². The first-order valence-electron chi connectivity index (χ1n) is 6.98. The van der Waals surface area contributed by atoms with Gasteiger partial charge in [-0.2, -0.15) is 24.3 Å². The molecule has 3 heteroatoms. The van der Waals surface area contributed by atoms with E-state index in [-0.39, 0.29) is 51.0 Å². The van der Waals surface area contributed by atoms with Crippen molar-refractivity contribution in [1.82, 2.24) is 0 Å². The standard InChI is InChI=1S/2C10H9.2ClH.Zr/c2*1-8-6-7-9-4-2-3-5-10(8)9;;;/h2*2-7H,1H3;2*1H;/q2*-1;;;+2. The molecule has 0 fully saturated rings. The van der Waals surface area contributed by atoms with Gasteiger partial charge in [-0.1, -0.05) is 26.0 Å². The fourth-order valence-corrected chi connectivity index (χ4v) is 2.61. The SMILES string of the molecule is C[c-]1ccc2ccccc21.C[c-]1ccc2ccccc21.Cl.Cl.[Zr+2]. The van der Waals surface area contributed by atoms with E-state index in [4.69, 9.17) is 0 Å². The molecular weight excluding hydrogens is 402 g/mol. The Morgan fingerprint density at radius 3 is 1.26 bits per heavy atom. The summed E-state index contributed by atoms with van der Waals surface area (Å²) in [6.07, 6.45) is 0. The van der Waals surface area contributed by atoms with E-state index in [1.54, 1.807) is 0 Å². The first-order chi connectivity index (χ1) is 9.75. The molecule has 0 aromatic heterocycles. The minimum Gasteiger partial charge on any atom is -0.168 e. The van der Waals surface area contributed by atoms with Gasteiger partial charge in [0.15, 0.2) is 0 Å². The van der Waals surface area contributed by atoms with Gasteiger partial charge in [-0.3, -0.25) is 0 Å². The van der Waals surface area contributed by atoms with Crippen molar-refractivity contribution < 1.29 is 26.2 Å². The van der Waals surface area contributed by atoms with Crippen LogP contribution in [0, 0.1) is 13.8 Å². The van der Waals surface area contributed by atoms with Crippen LogP contribution in [0.3, 0.4) is 0 Å². The van der Waals surface area contributed by atoms with Crippen LogP contribution in [-0.4, -0.2) is 0 Å². The van der Waals surface area contributed by atoms with E-state index >= 15 is 0 Å². The van der Waals surface area contributed by atoms with Gasteiger partial charge in [-0.05, 0) is 0 Å². The van der Waals surface area contributed by atoms with Gasteiger partial charge in [-0.25, -0.2) is 0 Å². The summed E-state index contributed by atoms with van der Waals surface area (Å²) in [7, 11) is 0. The Morgan fingerprint density at radius 1 is 0.565 bits per heavy atom. The molecule has 0 nitrogen and oxygen atoms in total. The molecule has 4 rings (SSSR count). The molecule has 0 amide bonds. The van der Waals surface area contributed by atoms with Crippen LogP contribution in [-0.2, 0) is 26.2 Å². The predicted molar refractivity (Wildman–Crippen MR) is 103 cm³/mol. The van der Waals surface area contributed by atoms with E-state index in [2.05, 4.69) is 86.6 Å². The number of hydrogen-bond acceptors (Lipinski definition) is 0. The van der Waals surface area contributed by atoms with Crippen LogP contribution < -0.4 is 0 Å². The molecular formula is C20H20Cl2Zr. The second-order valence-electron chi connectivity index (χ2n) is 5.21. The van der Waals surface area contributed by atoms with E-state index in [0.29, 0.717) is 0 Å². The Balaban J connectivity index is 0.000000372.